The third-order valence-electron chi connectivity index (χ3n) is 1.02. The average molecular weight is 125 g/mol. The molecule has 1 N–H and O–H groups in total. The number of hydrogen-bond donors (Lipinski definition) is 1. The van der Waals surface area contributed by atoms with Crippen molar-refractivity contribution in [3.8, 4) is 0 Å². The molecule has 0 radical (unpaired) electrons. The smallest absolute Gasteiger partial charge is 0.214 e. The van der Waals surface area contributed by atoms with Crippen LogP contribution >= 0.6 is 11.3 Å². The third kappa shape index (κ3) is 1.04. The Balaban J connectivity index is 2.84. The molecular weight excluding hydrogens is 117 g/mol. The number of rotatable bonds is 1. The molecule has 0 unspecified atom stereocenters. The topological polar surface area (TPSA) is 12.0 Å². The summed E-state index contributed by atoms with van der Waals surface area (Å²) < 4.78 is 0. The first-order valence-electron chi connectivity index (χ1n) is 2.56. The molecule has 1 aromatic rings. The number of hydrogen-bond acceptors (Lipinski definition) is 2. The highest BCUT2D eigenvalue weighted by Crippen LogP contribution is 2.16. The van der Waals surface area contributed by atoms with Crippen LogP contribution in [0, 0.1) is 6.92 Å². The normalized spacial score (nSPS) is 9.12. The maximum absolute atomic E-state index is 3.06. The highest BCUT2D eigenvalue weighted by molar-refractivity contribution is 7.10. The predicted molar refractivity (Wildman–Crippen MR) is 41.2 cm³/mol. The van der Waals surface area contributed by atoms with Crippen LogP contribution in [-0.4, -0.2) is 7.98 Å². The van der Waals surface area contributed by atoms with Gasteiger partial charge in [-0.2, -0.15) is 0 Å². The van der Waals surface area contributed by atoms with Gasteiger partial charge in [0.2, 0.25) is 7.98 Å². The van der Waals surface area contributed by atoms with Crippen molar-refractivity contribution >= 4 is 25.0 Å². The fourth-order valence-electron chi connectivity index (χ4n) is 0.575. The summed E-state index contributed by atoms with van der Waals surface area (Å²) in [5, 5.41) is 5.16. The zero-order valence-electron chi connectivity index (χ0n) is 5.06. The Morgan fingerprint density at radius 3 is 2.75 bits per heavy atom. The zero-order valence-corrected chi connectivity index (χ0v) is 5.88. The summed E-state index contributed by atoms with van der Waals surface area (Å²) in [6, 6.07) is 2.13. The second-order valence-electron chi connectivity index (χ2n) is 1.70. The molecular formula is C5H8BNS. The lowest BCUT2D eigenvalue weighted by Gasteiger charge is -1.87. The second kappa shape index (κ2) is 2.22. The zero-order chi connectivity index (χ0) is 5.98. The molecule has 0 aliphatic carbocycles. The van der Waals surface area contributed by atoms with Gasteiger partial charge in [-0.15, -0.1) is 11.3 Å². The van der Waals surface area contributed by atoms with Gasteiger partial charge in [-0.1, -0.05) is 0 Å². The maximum Gasteiger partial charge on any atom is 0.214 e. The van der Waals surface area contributed by atoms with Gasteiger partial charge in [0.05, 0.1) is 0 Å². The molecule has 0 fully saturated rings. The summed E-state index contributed by atoms with van der Waals surface area (Å²) >= 11 is 1.77. The van der Waals surface area contributed by atoms with Crippen LogP contribution in [0.5, 0.6) is 0 Å². The molecule has 0 bridgehead atoms. The molecule has 3 heteroatoms. The van der Waals surface area contributed by atoms with E-state index in [0.717, 1.165) is 0 Å². The Morgan fingerprint density at radius 2 is 2.50 bits per heavy atom. The van der Waals surface area contributed by atoms with Crippen LogP contribution in [0.25, 0.3) is 0 Å². The van der Waals surface area contributed by atoms with E-state index >= 15 is 0 Å². The number of anilines is 1. The van der Waals surface area contributed by atoms with Gasteiger partial charge >= 0.3 is 0 Å². The molecule has 0 aliphatic heterocycles. The van der Waals surface area contributed by atoms with E-state index in [1.807, 2.05) is 7.98 Å². The molecule has 1 nitrogen and oxygen atoms in total. The Hall–Kier alpha value is -0.435. The maximum atomic E-state index is 3.06. The molecule has 1 rings (SSSR count). The Morgan fingerprint density at radius 1 is 1.75 bits per heavy atom. The summed E-state index contributed by atoms with van der Waals surface area (Å²) in [4.78, 5) is 1.36. The molecule has 0 aromatic carbocycles. The molecule has 0 atom stereocenters. The van der Waals surface area contributed by atoms with Gasteiger partial charge in [-0.25, -0.2) is 0 Å². The van der Waals surface area contributed by atoms with Crippen molar-refractivity contribution < 1.29 is 0 Å². The molecule has 0 amide bonds. The first-order valence-corrected chi connectivity index (χ1v) is 3.44. The third-order valence-corrected chi connectivity index (χ3v) is 1.88. The van der Waals surface area contributed by atoms with Crippen molar-refractivity contribution in [1.82, 2.24) is 0 Å². The van der Waals surface area contributed by atoms with Crippen LogP contribution in [0.15, 0.2) is 11.4 Å². The van der Waals surface area contributed by atoms with Crippen LogP contribution in [-0.2, 0) is 0 Å². The summed E-state index contributed by atoms with van der Waals surface area (Å²) in [5.41, 5.74) is 1.22. The summed E-state index contributed by atoms with van der Waals surface area (Å²) in [6.45, 7) is 2.10. The lowest BCUT2D eigenvalue weighted by atomic mass is 10.3. The van der Waals surface area contributed by atoms with E-state index in [9.17, 15) is 0 Å². The Bertz CT molecular complexity index is 173. The average Bonchev–Trinajstić information content (AvgIpc) is 2.14. The van der Waals surface area contributed by atoms with Crippen molar-refractivity contribution in [3.63, 3.8) is 0 Å². The van der Waals surface area contributed by atoms with Gasteiger partial charge in [0.25, 0.3) is 0 Å². The summed E-state index contributed by atoms with van der Waals surface area (Å²) in [6.07, 6.45) is 0. The van der Waals surface area contributed by atoms with Crippen molar-refractivity contribution in [1.29, 1.82) is 0 Å². The number of nitrogens with one attached hydrogen (secondary N) is 1. The lowest BCUT2D eigenvalue weighted by molar-refractivity contribution is 1.63. The highest BCUT2D eigenvalue weighted by atomic mass is 32.1. The quantitative estimate of drug-likeness (QED) is 0.552. The van der Waals surface area contributed by atoms with Crippen molar-refractivity contribution in [2.75, 3.05) is 5.23 Å². The molecule has 42 valence electrons. The van der Waals surface area contributed by atoms with E-state index in [4.69, 9.17) is 0 Å². The van der Waals surface area contributed by atoms with E-state index in [1.54, 1.807) is 11.3 Å². The fraction of sp³-hybridized carbons (Fsp3) is 0.200. The van der Waals surface area contributed by atoms with E-state index < -0.39 is 0 Å². The minimum atomic E-state index is 1.22. The van der Waals surface area contributed by atoms with Crippen LogP contribution < -0.4 is 5.23 Å². The fourth-order valence-corrected chi connectivity index (χ4v) is 1.27. The van der Waals surface area contributed by atoms with E-state index in [-0.39, 0.29) is 0 Å². The van der Waals surface area contributed by atoms with Gasteiger partial charge in [0.1, 0.15) is 0 Å². The molecule has 8 heavy (non-hydrogen) atoms. The van der Waals surface area contributed by atoms with E-state index in [2.05, 4.69) is 23.6 Å². The van der Waals surface area contributed by atoms with Crippen molar-refractivity contribution in [2.24, 2.45) is 0 Å². The van der Waals surface area contributed by atoms with E-state index in [1.165, 1.54) is 10.6 Å². The number of aryl methyl sites for hydroxylation is 1. The van der Waals surface area contributed by atoms with E-state index in [0.29, 0.717) is 0 Å². The second-order valence-corrected chi connectivity index (χ2v) is 2.81. The molecule has 0 spiro atoms. The van der Waals surface area contributed by atoms with Crippen LogP contribution in [0.2, 0.25) is 0 Å². The first kappa shape index (κ1) is 5.70. The van der Waals surface area contributed by atoms with Gasteiger partial charge < -0.3 is 5.23 Å². The number of thiophene rings is 1. The summed E-state index contributed by atoms with van der Waals surface area (Å²) in [7, 11) is 1.93. The predicted octanol–water partition coefficient (Wildman–Crippen LogP) is 1.02. The minimum absolute atomic E-state index is 1.22. The molecule has 0 saturated carbocycles. The summed E-state index contributed by atoms with van der Waals surface area (Å²) in [5.74, 6) is 0. The highest BCUT2D eigenvalue weighted by Gasteiger charge is 1.88. The Labute approximate surface area is 54.2 Å². The Kier molecular flexibility index (Phi) is 1.58. The first-order chi connectivity index (χ1) is 3.83. The van der Waals surface area contributed by atoms with Gasteiger partial charge in [-0.05, 0) is 13.0 Å². The molecule has 0 saturated heterocycles. The monoisotopic (exact) mass is 125 g/mol. The molecule has 0 aliphatic rings. The standard InChI is InChI=1S/C5H8BNS/c1-4-2-5(7-6)3-8-4/h2-3,7H,6H2,1H3. The van der Waals surface area contributed by atoms with Gasteiger partial charge in [-0.3, -0.25) is 0 Å². The minimum Gasteiger partial charge on any atom is -0.434 e. The van der Waals surface area contributed by atoms with Crippen LogP contribution in [0.3, 0.4) is 0 Å². The van der Waals surface area contributed by atoms with Crippen LogP contribution in [0.4, 0.5) is 5.69 Å². The molecule has 1 aromatic heterocycles. The van der Waals surface area contributed by atoms with Gasteiger partial charge in [0.15, 0.2) is 0 Å². The largest absolute Gasteiger partial charge is 0.434 e. The lowest BCUT2D eigenvalue weighted by Crippen LogP contribution is -1.85. The van der Waals surface area contributed by atoms with Crippen molar-refractivity contribution in [2.45, 2.75) is 6.92 Å². The SMILES string of the molecule is BNc1csc(C)c1. The van der Waals surface area contributed by atoms with Crippen molar-refractivity contribution in [3.05, 3.63) is 16.3 Å². The van der Waals surface area contributed by atoms with Crippen LogP contribution in [0.1, 0.15) is 4.88 Å². The van der Waals surface area contributed by atoms with Gasteiger partial charge in [0, 0.05) is 15.9 Å². The molecule has 1 heterocycles.